The first-order valence-corrected chi connectivity index (χ1v) is 13.8. The molecule has 4 saturated heterocycles. The molecule has 4 aliphatic heterocycles. The lowest BCUT2D eigenvalue weighted by molar-refractivity contribution is -0.143. The van der Waals surface area contributed by atoms with Crippen LogP contribution in [0.3, 0.4) is 0 Å². The molecule has 11 heteroatoms. The van der Waals surface area contributed by atoms with E-state index >= 15 is 0 Å². The number of amides is 1. The molecule has 1 amide bonds. The molecule has 6 N–H and O–H groups in total. The number of rotatable bonds is 8. The van der Waals surface area contributed by atoms with Gasteiger partial charge in [0.05, 0.1) is 18.0 Å². The zero-order valence-electron chi connectivity index (χ0n) is 21.5. The molecule has 1 aromatic carbocycles. The number of nitrogens with one attached hydrogen (secondary N) is 5. The molecule has 5 rings (SSSR count). The number of carboxylic acid groups (broad SMARTS) is 1. The molecule has 11 nitrogen and oxygen atoms in total. The second-order valence-electron chi connectivity index (χ2n) is 10.6. The maximum Gasteiger partial charge on any atom is 0.306 e. The number of anilines is 1. The van der Waals surface area contributed by atoms with Crippen molar-refractivity contribution in [2.24, 2.45) is 11.8 Å². The number of hydrogen-bond donors (Lipinski definition) is 6. The van der Waals surface area contributed by atoms with Gasteiger partial charge in [0.1, 0.15) is 18.6 Å². The number of hydrazine groups is 1. The number of likely N-dealkylation sites (tertiary alicyclic amines) is 2. The Kier molecular flexibility index (Phi) is 8.78. The number of carbonyl (C=O) groups excluding carboxylic acids is 1. The summed E-state index contributed by atoms with van der Waals surface area (Å²) >= 11 is 0. The predicted octanol–water partition coefficient (Wildman–Crippen LogP) is 0.572. The first-order chi connectivity index (χ1) is 18.1. The molecule has 0 radical (unpaired) electrons. The van der Waals surface area contributed by atoms with Crippen molar-refractivity contribution >= 4 is 17.6 Å². The number of carboxylic acids is 1. The van der Waals surface area contributed by atoms with Crippen molar-refractivity contribution < 1.29 is 19.4 Å². The molecule has 0 bridgehead atoms. The van der Waals surface area contributed by atoms with E-state index in [1.165, 1.54) is 25.7 Å². The van der Waals surface area contributed by atoms with Crippen LogP contribution in [0.4, 0.5) is 5.69 Å². The van der Waals surface area contributed by atoms with Crippen molar-refractivity contribution in [2.45, 2.75) is 57.0 Å². The van der Waals surface area contributed by atoms with Crippen LogP contribution in [-0.2, 0) is 9.59 Å². The number of ether oxygens (including phenoxy) is 1. The summed E-state index contributed by atoms with van der Waals surface area (Å²) in [7, 11) is 0. The van der Waals surface area contributed by atoms with Crippen LogP contribution in [0.1, 0.15) is 38.5 Å². The fourth-order valence-electron chi connectivity index (χ4n) is 5.93. The largest absolute Gasteiger partial charge is 0.492 e. The molecular formula is C26H41N7O4. The Labute approximate surface area is 218 Å². The van der Waals surface area contributed by atoms with Gasteiger partial charge in [0.2, 0.25) is 5.91 Å². The highest BCUT2D eigenvalue weighted by atomic mass is 16.5. The number of piperidine rings is 1. The van der Waals surface area contributed by atoms with Gasteiger partial charge in [0.25, 0.3) is 0 Å². The Morgan fingerprint density at radius 1 is 1.03 bits per heavy atom. The summed E-state index contributed by atoms with van der Waals surface area (Å²) in [4.78, 5) is 28.6. The topological polar surface area (TPSA) is 130 Å². The average molecular weight is 516 g/mol. The van der Waals surface area contributed by atoms with Gasteiger partial charge in [0.15, 0.2) is 0 Å². The molecule has 0 spiro atoms. The van der Waals surface area contributed by atoms with E-state index in [9.17, 15) is 9.59 Å². The predicted molar refractivity (Wildman–Crippen MR) is 140 cm³/mol. The van der Waals surface area contributed by atoms with Gasteiger partial charge in [-0.05, 0) is 63.0 Å². The van der Waals surface area contributed by atoms with Crippen LogP contribution >= 0.6 is 0 Å². The van der Waals surface area contributed by atoms with Crippen LogP contribution in [0.5, 0.6) is 5.75 Å². The van der Waals surface area contributed by atoms with Crippen molar-refractivity contribution in [3.05, 3.63) is 24.3 Å². The standard InChI is InChI=1S/C26H41N7O4/c34-24-22-21(17-27-31-24)29-26(33-11-3-1-2-4-12-33)30-23(22)28-19-5-7-20(8-6-19)37-16-15-32-13-9-18(10-14-32)25(35)36/h5-8,18,21-23,26-30H,1-4,9-17H2,(H,31,34)(H,35,36). The fourth-order valence-corrected chi connectivity index (χ4v) is 5.93. The molecule has 4 heterocycles. The van der Waals surface area contributed by atoms with Crippen molar-refractivity contribution in [1.29, 1.82) is 0 Å². The number of nitrogens with zero attached hydrogens (tertiary/aromatic N) is 2. The Hall–Kier alpha value is -2.44. The number of carbonyl (C=O) groups is 2. The lowest BCUT2D eigenvalue weighted by Crippen LogP contribution is -2.76. The van der Waals surface area contributed by atoms with Crippen LogP contribution in [0, 0.1) is 11.8 Å². The van der Waals surface area contributed by atoms with Crippen molar-refractivity contribution in [1.82, 2.24) is 31.3 Å². The van der Waals surface area contributed by atoms with E-state index in [1.54, 1.807) is 0 Å². The highest BCUT2D eigenvalue weighted by molar-refractivity contribution is 5.81. The number of fused-ring (bicyclic) bond motifs is 1. The van der Waals surface area contributed by atoms with E-state index in [4.69, 9.17) is 9.84 Å². The minimum Gasteiger partial charge on any atom is -0.492 e. The van der Waals surface area contributed by atoms with Gasteiger partial charge < -0.3 is 15.2 Å². The number of hydrogen-bond acceptors (Lipinski definition) is 9. The molecule has 1 aromatic rings. The zero-order valence-corrected chi connectivity index (χ0v) is 21.5. The van der Waals surface area contributed by atoms with Gasteiger partial charge in [-0.3, -0.25) is 35.4 Å². The van der Waals surface area contributed by atoms with E-state index in [2.05, 4.69) is 36.6 Å². The van der Waals surface area contributed by atoms with Gasteiger partial charge in [-0.15, -0.1) is 0 Å². The van der Waals surface area contributed by atoms with Crippen molar-refractivity contribution in [2.75, 3.05) is 51.2 Å². The summed E-state index contributed by atoms with van der Waals surface area (Å²) in [6.45, 7) is 5.74. The summed E-state index contributed by atoms with van der Waals surface area (Å²) in [5.74, 6) is -0.360. The van der Waals surface area contributed by atoms with Crippen LogP contribution in [-0.4, -0.2) is 91.2 Å². The Morgan fingerprint density at radius 2 is 1.76 bits per heavy atom. The maximum atomic E-state index is 12.8. The molecular weight excluding hydrogens is 474 g/mol. The molecule has 4 aliphatic rings. The summed E-state index contributed by atoms with van der Waals surface area (Å²) < 4.78 is 5.95. The van der Waals surface area contributed by atoms with E-state index in [0.29, 0.717) is 26.0 Å². The lowest BCUT2D eigenvalue weighted by atomic mass is 9.91. The fraction of sp³-hybridized carbons (Fsp3) is 0.692. The molecule has 0 aliphatic carbocycles. The second-order valence-corrected chi connectivity index (χ2v) is 10.6. The molecule has 4 fully saturated rings. The summed E-state index contributed by atoms with van der Waals surface area (Å²) in [6, 6.07) is 7.92. The number of aliphatic carboxylic acids is 1. The van der Waals surface area contributed by atoms with Gasteiger partial charge in [0, 0.05) is 37.9 Å². The van der Waals surface area contributed by atoms with Gasteiger partial charge >= 0.3 is 5.97 Å². The molecule has 0 saturated carbocycles. The Morgan fingerprint density at radius 3 is 2.46 bits per heavy atom. The van der Waals surface area contributed by atoms with Crippen LogP contribution in [0.25, 0.3) is 0 Å². The zero-order chi connectivity index (χ0) is 25.6. The van der Waals surface area contributed by atoms with Gasteiger partial charge in [-0.1, -0.05) is 12.8 Å². The maximum absolute atomic E-state index is 12.8. The lowest BCUT2D eigenvalue weighted by Gasteiger charge is -2.48. The molecule has 4 atom stereocenters. The summed E-state index contributed by atoms with van der Waals surface area (Å²) in [5, 5.41) is 20.0. The van der Waals surface area contributed by atoms with Crippen LogP contribution in [0.15, 0.2) is 24.3 Å². The summed E-state index contributed by atoms with van der Waals surface area (Å²) in [5.41, 5.74) is 6.76. The van der Waals surface area contributed by atoms with E-state index in [1.807, 2.05) is 24.3 Å². The van der Waals surface area contributed by atoms with Crippen molar-refractivity contribution in [3.63, 3.8) is 0 Å². The molecule has 204 valence electrons. The SMILES string of the molecule is O=C(O)C1CCN(CCOc2ccc(NC3NC(N4CCCCCC4)NC4CNNC(=O)C43)cc2)CC1. The van der Waals surface area contributed by atoms with E-state index in [-0.39, 0.29) is 36.2 Å². The van der Waals surface area contributed by atoms with Crippen LogP contribution in [0.2, 0.25) is 0 Å². The Bertz CT molecular complexity index is 901. The molecule has 0 aromatic heterocycles. The highest BCUT2D eigenvalue weighted by Gasteiger charge is 2.44. The van der Waals surface area contributed by atoms with E-state index in [0.717, 1.165) is 44.2 Å². The quantitative estimate of drug-likeness (QED) is 0.292. The molecule has 4 unspecified atom stereocenters. The third-order valence-electron chi connectivity index (χ3n) is 8.13. The van der Waals surface area contributed by atoms with Gasteiger partial charge in [-0.2, -0.15) is 0 Å². The van der Waals surface area contributed by atoms with Gasteiger partial charge in [-0.25, -0.2) is 5.43 Å². The highest BCUT2D eigenvalue weighted by Crippen LogP contribution is 2.24. The Balaban J connectivity index is 1.15. The normalized spacial score (nSPS) is 30.1. The monoisotopic (exact) mass is 515 g/mol. The minimum atomic E-state index is -0.682. The first-order valence-electron chi connectivity index (χ1n) is 13.8. The first kappa shape index (κ1) is 26.2. The molecule has 37 heavy (non-hydrogen) atoms. The van der Waals surface area contributed by atoms with Crippen LogP contribution < -0.4 is 31.5 Å². The third kappa shape index (κ3) is 6.71. The smallest absolute Gasteiger partial charge is 0.306 e. The minimum absolute atomic E-state index is 0.0181. The second kappa shape index (κ2) is 12.4. The summed E-state index contributed by atoms with van der Waals surface area (Å²) in [6.07, 6.45) is 6.18. The third-order valence-corrected chi connectivity index (χ3v) is 8.13. The van der Waals surface area contributed by atoms with E-state index < -0.39 is 5.97 Å². The average Bonchev–Trinajstić information content (AvgIpc) is 3.20. The number of benzene rings is 1. The van der Waals surface area contributed by atoms with Crippen molar-refractivity contribution in [3.8, 4) is 5.75 Å².